The van der Waals surface area contributed by atoms with Gasteiger partial charge in [0.05, 0.1) is 16.6 Å². The molecule has 0 spiro atoms. The van der Waals surface area contributed by atoms with Gasteiger partial charge < -0.3 is 16.0 Å². The number of hydrogen-bond donors (Lipinski definition) is 3. The van der Waals surface area contributed by atoms with E-state index in [-0.39, 0.29) is 0 Å². The number of imidazole rings is 1. The zero-order valence-electron chi connectivity index (χ0n) is 9.66. The normalized spacial score (nSPS) is 19.5. The number of nitrogens with one attached hydrogen (secondary N) is 2. The van der Waals surface area contributed by atoms with Crippen molar-refractivity contribution in [2.45, 2.75) is 12.3 Å². The molecule has 94 valence electrons. The zero-order valence-corrected chi connectivity index (χ0v) is 10.4. The summed E-state index contributed by atoms with van der Waals surface area (Å²) in [5.41, 5.74) is 7.11. The quantitative estimate of drug-likeness (QED) is 0.766. The summed E-state index contributed by atoms with van der Waals surface area (Å²) in [5.74, 6) is 0.749. The summed E-state index contributed by atoms with van der Waals surface area (Å²) < 4.78 is 0. The van der Waals surface area contributed by atoms with Crippen molar-refractivity contribution in [1.29, 1.82) is 0 Å². The number of primary amides is 1. The van der Waals surface area contributed by atoms with Crippen LogP contribution in [0.5, 0.6) is 0 Å². The second-order valence-corrected chi connectivity index (χ2v) is 4.96. The van der Waals surface area contributed by atoms with Crippen LogP contribution in [-0.4, -0.2) is 29.0 Å². The lowest BCUT2D eigenvalue weighted by Gasteiger charge is -2.02. The Morgan fingerprint density at radius 2 is 2.33 bits per heavy atom. The van der Waals surface area contributed by atoms with E-state index in [2.05, 4.69) is 15.3 Å². The topological polar surface area (TPSA) is 83.8 Å². The molecule has 1 fully saturated rings. The standard InChI is InChI=1S/C12H13ClN4O/c13-7-3-8(11(14)18)10-9(4-7)16-12(17-10)6-1-2-15-5-6/h3-4,6,15H,1-2,5H2,(H2,14,18)(H,16,17). The highest BCUT2D eigenvalue weighted by molar-refractivity contribution is 6.32. The van der Waals surface area contributed by atoms with Crippen LogP contribution >= 0.6 is 11.6 Å². The van der Waals surface area contributed by atoms with Crippen molar-refractivity contribution < 1.29 is 4.79 Å². The molecule has 1 atom stereocenters. The van der Waals surface area contributed by atoms with Crippen LogP contribution in [0.25, 0.3) is 11.0 Å². The third-order valence-electron chi connectivity index (χ3n) is 3.29. The summed E-state index contributed by atoms with van der Waals surface area (Å²) in [6, 6.07) is 3.31. The molecule has 1 aliphatic heterocycles. The fourth-order valence-corrected chi connectivity index (χ4v) is 2.59. The van der Waals surface area contributed by atoms with Gasteiger partial charge in [-0.2, -0.15) is 0 Å². The van der Waals surface area contributed by atoms with Crippen LogP contribution in [0, 0.1) is 0 Å². The van der Waals surface area contributed by atoms with Gasteiger partial charge in [-0.25, -0.2) is 4.98 Å². The lowest BCUT2D eigenvalue weighted by Crippen LogP contribution is -2.11. The highest BCUT2D eigenvalue weighted by Crippen LogP contribution is 2.26. The third kappa shape index (κ3) is 1.85. The molecule has 2 aromatic rings. The number of hydrogen-bond acceptors (Lipinski definition) is 3. The average molecular weight is 265 g/mol. The third-order valence-corrected chi connectivity index (χ3v) is 3.51. The van der Waals surface area contributed by atoms with Crippen molar-refractivity contribution in [2.24, 2.45) is 5.73 Å². The predicted molar refractivity (Wildman–Crippen MR) is 69.8 cm³/mol. The molecule has 0 radical (unpaired) electrons. The van der Waals surface area contributed by atoms with E-state index < -0.39 is 5.91 Å². The van der Waals surface area contributed by atoms with Gasteiger partial charge in [-0.3, -0.25) is 4.79 Å². The molecule has 4 N–H and O–H groups in total. The van der Waals surface area contributed by atoms with E-state index in [1.807, 2.05) is 0 Å². The number of carbonyl (C=O) groups is 1. The smallest absolute Gasteiger partial charge is 0.250 e. The van der Waals surface area contributed by atoms with Crippen molar-refractivity contribution in [3.05, 3.63) is 28.5 Å². The molecule has 5 nitrogen and oxygen atoms in total. The minimum Gasteiger partial charge on any atom is -0.366 e. The van der Waals surface area contributed by atoms with E-state index >= 15 is 0 Å². The van der Waals surface area contributed by atoms with E-state index in [1.165, 1.54) is 0 Å². The maximum atomic E-state index is 11.4. The zero-order chi connectivity index (χ0) is 12.7. The van der Waals surface area contributed by atoms with Gasteiger partial charge in [-0.15, -0.1) is 0 Å². The number of benzene rings is 1. The number of halogens is 1. The van der Waals surface area contributed by atoms with E-state index in [0.29, 0.717) is 27.5 Å². The maximum Gasteiger partial charge on any atom is 0.250 e. The van der Waals surface area contributed by atoms with Crippen LogP contribution < -0.4 is 11.1 Å². The molecule has 1 aromatic heterocycles. The van der Waals surface area contributed by atoms with Gasteiger partial charge in [0, 0.05) is 17.5 Å². The van der Waals surface area contributed by atoms with Gasteiger partial charge in [0.25, 0.3) is 5.91 Å². The first-order chi connectivity index (χ1) is 8.65. The Balaban J connectivity index is 2.15. The minimum absolute atomic E-state index is 0.358. The van der Waals surface area contributed by atoms with Crippen molar-refractivity contribution in [3.63, 3.8) is 0 Å². The molecule has 3 rings (SSSR count). The first kappa shape index (κ1) is 11.5. The van der Waals surface area contributed by atoms with Gasteiger partial charge in [-0.05, 0) is 25.1 Å². The molecule has 1 aromatic carbocycles. The lowest BCUT2D eigenvalue weighted by molar-refractivity contribution is 0.100. The summed E-state index contributed by atoms with van der Waals surface area (Å²) >= 11 is 5.96. The number of rotatable bonds is 2. The van der Waals surface area contributed by atoms with Crippen LogP contribution in [0.4, 0.5) is 0 Å². The van der Waals surface area contributed by atoms with Gasteiger partial charge in [0.2, 0.25) is 0 Å². The summed E-state index contributed by atoms with van der Waals surface area (Å²) in [4.78, 5) is 19.1. The van der Waals surface area contributed by atoms with Gasteiger partial charge in [0.15, 0.2) is 0 Å². The summed E-state index contributed by atoms with van der Waals surface area (Å²) in [6.07, 6.45) is 1.04. The lowest BCUT2D eigenvalue weighted by atomic mass is 10.1. The second kappa shape index (κ2) is 4.26. The molecule has 0 aliphatic carbocycles. The number of amides is 1. The Labute approximate surface area is 109 Å². The summed E-state index contributed by atoms with van der Waals surface area (Å²) in [7, 11) is 0. The SMILES string of the molecule is NC(=O)c1cc(Cl)cc2nc(C3CCNC3)[nH]c12. The Morgan fingerprint density at radius 3 is 3.00 bits per heavy atom. The minimum atomic E-state index is -0.498. The number of carbonyl (C=O) groups excluding carboxylic acids is 1. The van der Waals surface area contributed by atoms with Gasteiger partial charge in [-0.1, -0.05) is 11.6 Å². The highest BCUT2D eigenvalue weighted by atomic mass is 35.5. The number of aromatic amines is 1. The van der Waals surface area contributed by atoms with Crippen molar-refractivity contribution in [3.8, 4) is 0 Å². The Kier molecular flexibility index (Phi) is 2.72. The van der Waals surface area contributed by atoms with E-state index in [0.717, 1.165) is 25.3 Å². The van der Waals surface area contributed by atoms with Crippen molar-refractivity contribution in [1.82, 2.24) is 15.3 Å². The molecular weight excluding hydrogens is 252 g/mol. The first-order valence-corrected chi connectivity index (χ1v) is 6.22. The molecule has 18 heavy (non-hydrogen) atoms. The molecule has 2 heterocycles. The molecule has 1 aliphatic rings. The number of aromatic nitrogens is 2. The van der Waals surface area contributed by atoms with Gasteiger partial charge in [0.1, 0.15) is 5.82 Å². The van der Waals surface area contributed by atoms with Crippen LogP contribution in [0.15, 0.2) is 12.1 Å². The first-order valence-electron chi connectivity index (χ1n) is 5.85. The van der Waals surface area contributed by atoms with E-state index in [4.69, 9.17) is 17.3 Å². The predicted octanol–water partition coefficient (Wildman–Crippen LogP) is 1.39. The summed E-state index contributed by atoms with van der Waals surface area (Å²) in [5, 5.41) is 3.76. The largest absolute Gasteiger partial charge is 0.366 e. The number of nitrogens with zero attached hydrogens (tertiary/aromatic N) is 1. The monoisotopic (exact) mass is 264 g/mol. The second-order valence-electron chi connectivity index (χ2n) is 4.52. The van der Waals surface area contributed by atoms with Gasteiger partial charge >= 0.3 is 0 Å². The fraction of sp³-hybridized carbons (Fsp3) is 0.333. The number of H-pyrrole nitrogens is 1. The van der Waals surface area contributed by atoms with E-state index in [9.17, 15) is 4.79 Å². The Morgan fingerprint density at radius 1 is 1.50 bits per heavy atom. The number of fused-ring (bicyclic) bond motifs is 1. The van der Waals surface area contributed by atoms with Crippen LogP contribution in [0.1, 0.15) is 28.5 Å². The van der Waals surface area contributed by atoms with Crippen LogP contribution in [0.3, 0.4) is 0 Å². The highest BCUT2D eigenvalue weighted by Gasteiger charge is 2.21. The molecule has 0 bridgehead atoms. The molecule has 1 unspecified atom stereocenters. The molecular formula is C12H13ClN4O. The number of nitrogens with two attached hydrogens (primary N) is 1. The van der Waals surface area contributed by atoms with Crippen LogP contribution in [0.2, 0.25) is 5.02 Å². The molecule has 6 heteroatoms. The fourth-order valence-electron chi connectivity index (χ4n) is 2.37. The molecule has 1 amide bonds. The average Bonchev–Trinajstić information content (AvgIpc) is 2.95. The van der Waals surface area contributed by atoms with E-state index in [1.54, 1.807) is 12.1 Å². The van der Waals surface area contributed by atoms with Crippen molar-refractivity contribution in [2.75, 3.05) is 13.1 Å². The van der Waals surface area contributed by atoms with Crippen molar-refractivity contribution >= 4 is 28.5 Å². The Bertz CT molecular complexity index is 616. The maximum absolute atomic E-state index is 11.4. The molecule has 1 saturated heterocycles. The summed E-state index contributed by atoms with van der Waals surface area (Å²) in [6.45, 7) is 1.89. The molecule has 0 saturated carbocycles. The Hall–Kier alpha value is -1.59. The van der Waals surface area contributed by atoms with Crippen LogP contribution in [-0.2, 0) is 0 Å².